The predicted octanol–water partition coefficient (Wildman–Crippen LogP) is 6.80. The number of carboxylic acids is 3. The molecular formula is C26H43O6Ti-. The van der Waals surface area contributed by atoms with Gasteiger partial charge in [0.25, 0.3) is 0 Å². The number of carboxylic acid groups (broad SMARTS) is 3. The van der Waals surface area contributed by atoms with Crippen LogP contribution in [0.2, 0.25) is 0 Å². The summed E-state index contributed by atoms with van der Waals surface area (Å²) in [6.07, 6.45) is 15.3. The standard InChI is InChI=1S/C14H19.3C4H8O2.Ti/c1-10-11-6-2-4-8-13(11)14-9-5-3-7-12(10)14;3*1-2-3-4(5)6;/h6,10H,2-5,7-9H2,1H3;3*2-3H2,1H3,(H,5,6);/q-1;;;;. The van der Waals surface area contributed by atoms with Crippen LogP contribution in [0, 0.1) is 12.3 Å². The minimum absolute atomic E-state index is 0. The maximum absolute atomic E-state index is 9.60. The summed E-state index contributed by atoms with van der Waals surface area (Å²) in [5.74, 6) is -1.35. The number of allylic oxidation sites excluding steroid dienone is 4. The van der Waals surface area contributed by atoms with Crippen molar-refractivity contribution in [2.75, 3.05) is 0 Å². The third-order valence-corrected chi connectivity index (χ3v) is 5.60. The van der Waals surface area contributed by atoms with E-state index in [0.717, 1.165) is 25.2 Å². The number of aliphatic carboxylic acids is 3. The average molecular weight is 499 g/mol. The SMILES string of the molecule is CC1C2=C(CCC[CH-]2)C2=C1CCCC2.CCCC(=O)O.CCCC(=O)O.CCCC(=O)O.[Ti]. The minimum Gasteiger partial charge on any atom is -0.481 e. The second-order valence-corrected chi connectivity index (χ2v) is 8.39. The van der Waals surface area contributed by atoms with Gasteiger partial charge in [-0.1, -0.05) is 52.5 Å². The first-order valence-corrected chi connectivity index (χ1v) is 12.1. The molecule has 7 heteroatoms. The zero-order chi connectivity index (χ0) is 24.5. The fourth-order valence-electron chi connectivity index (χ4n) is 4.15. The summed E-state index contributed by atoms with van der Waals surface area (Å²) in [6, 6.07) is 0. The summed E-state index contributed by atoms with van der Waals surface area (Å²) < 4.78 is 0. The molecule has 0 aromatic carbocycles. The van der Waals surface area contributed by atoms with Gasteiger partial charge in [-0.3, -0.25) is 14.4 Å². The molecule has 0 radical (unpaired) electrons. The Bertz CT molecular complexity index is 596. The summed E-state index contributed by atoms with van der Waals surface area (Å²) in [7, 11) is 0. The van der Waals surface area contributed by atoms with Gasteiger partial charge < -0.3 is 15.3 Å². The van der Waals surface area contributed by atoms with E-state index in [1.165, 1.54) is 44.9 Å². The van der Waals surface area contributed by atoms with Gasteiger partial charge in [0.05, 0.1) is 0 Å². The molecule has 0 saturated heterocycles. The van der Waals surface area contributed by atoms with Gasteiger partial charge >= 0.3 is 17.9 Å². The van der Waals surface area contributed by atoms with Crippen LogP contribution < -0.4 is 0 Å². The van der Waals surface area contributed by atoms with Crippen molar-refractivity contribution in [1.82, 2.24) is 0 Å². The summed E-state index contributed by atoms with van der Waals surface area (Å²) in [5.41, 5.74) is 7.07. The van der Waals surface area contributed by atoms with E-state index in [0.29, 0.717) is 19.3 Å². The third-order valence-electron chi connectivity index (χ3n) is 5.60. The van der Waals surface area contributed by atoms with Crippen molar-refractivity contribution in [2.24, 2.45) is 5.92 Å². The Labute approximate surface area is 214 Å². The van der Waals surface area contributed by atoms with E-state index in [-0.39, 0.29) is 21.7 Å². The molecule has 0 fully saturated rings. The molecule has 0 spiro atoms. The molecule has 3 rings (SSSR count). The smallest absolute Gasteiger partial charge is 0.303 e. The molecule has 0 aromatic rings. The van der Waals surface area contributed by atoms with Gasteiger partial charge in [-0.25, -0.2) is 12.0 Å². The Hall–Kier alpha value is -1.53. The van der Waals surface area contributed by atoms with E-state index < -0.39 is 17.9 Å². The van der Waals surface area contributed by atoms with E-state index >= 15 is 0 Å². The van der Waals surface area contributed by atoms with Gasteiger partial charge in [-0.2, -0.15) is 5.57 Å². The number of hydrogen-bond donors (Lipinski definition) is 3. The summed E-state index contributed by atoms with van der Waals surface area (Å²) in [6.45, 7) is 7.95. The first kappa shape index (κ1) is 33.6. The summed E-state index contributed by atoms with van der Waals surface area (Å²) in [5, 5.41) is 23.7. The van der Waals surface area contributed by atoms with Crippen LogP contribution in [0.5, 0.6) is 0 Å². The molecule has 0 amide bonds. The molecule has 0 heterocycles. The molecule has 1 atom stereocenters. The van der Waals surface area contributed by atoms with E-state index in [4.69, 9.17) is 15.3 Å². The number of hydrogen-bond acceptors (Lipinski definition) is 3. The van der Waals surface area contributed by atoms with E-state index in [1.54, 1.807) is 22.3 Å². The minimum atomic E-state index is -0.711. The first-order chi connectivity index (χ1) is 15.2. The van der Waals surface area contributed by atoms with E-state index in [9.17, 15) is 14.4 Å². The Morgan fingerprint density at radius 3 is 1.58 bits per heavy atom. The van der Waals surface area contributed by atoms with Crippen molar-refractivity contribution in [3.8, 4) is 0 Å². The number of carbonyl (C=O) groups is 3. The molecule has 188 valence electrons. The molecule has 0 aliphatic heterocycles. The Kier molecular flexibility index (Phi) is 20.3. The second kappa shape index (κ2) is 19.9. The number of rotatable bonds is 6. The van der Waals surface area contributed by atoms with Crippen molar-refractivity contribution >= 4 is 17.9 Å². The van der Waals surface area contributed by atoms with Gasteiger partial charge in [0.2, 0.25) is 0 Å². The van der Waals surface area contributed by atoms with Crippen molar-refractivity contribution in [3.63, 3.8) is 0 Å². The molecule has 3 aliphatic carbocycles. The quantitative estimate of drug-likeness (QED) is 0.274. The Balaban J connectivity index is 0. The summed E-state index contributed by atoms with van der Waals surface area (Å²) in [4.78, 5) is 28.8. The Morgan fingerprint density at radius 2 is 1.18 bits per heavy atom. The molecule has 0 bridgehead atoms. The maximum Gasteiger partial charge on any atom is 0.303 e. The monoisotopic (exact) mass is 499 g/mol. The maximum atomic E-state index is 9.60. The van der Waals surface area contributed by atoms with Gasteiger partial charge in [-0.15, -0.1) is 12.0 Å². The fourth-order valence-corrected chi connectivity index (χ4v) is 4.15. The molecule has 0 saturated carbocycles. The molecule has 0 aromatic heterocycles. The second-order valence-electron chi connectivity index (χ2n) is 8.39. The van der Waals surface area contributed by atoms with Crippen molar-refractivity contribution in [3.05, 3.63) is 28.7 Å². The summed E-state index contributed by atoms with van der Waals surface area (Å²) >= 11 is 0. The van der Waals surface area contributed by atoms with Crippen LogP contribution in [0.4, 0.5) is 0 Å². The van der Waals surface area contributed by atoms with Crippen molar-refractivity contribution in [1.29, 1.82) is 0 Å². The Morgan fingerprint density at radius 1 is 0.758 bits per heavy atom. The van der Waals surface area contributed by atoms with Crippen LogP contribution in [0.25, 0.3) is 0 Å². The molecule has 3 N–H and O–H groups in total. The predicted molar refractivity (Wildman–Crippen MR) is 127 cm³/mol. The fraction of sp³-hybridized carbons (Fsp3) is 0.692. The third kappa shape index (κ3) is 14.4. The number of fused-ring (bicyclic) bond motifs is 1. The van der Waals surface area contributed by atoms with Gasteiger partial charge in [0, 0.05) is 41.0 Å². The van der Waals surface area contributed by atoms with Gasteiger partial charge in [0.15, 0.2) is 0 Å². The van der Waals surface area contributed by atoms with Gasteiger partial charge in [-0.05, 0) is 44.4 Å². The molecule has 33 heavy (non-hydrogen) atoms. The average Bonchev–Trinajstić information content (AvgIpc) is 3.02. The molecular weight excluding hydrogens is 456 g/mol. The van der Waals surface area contributed by atoms with Crippen molar-refractivity contribution < 1.29 is 51.4 Å². The zero-order valence-electron chi connectivity index (χ0n) is 20.9. The molecule has 3 aliphatic rings. The normalized spacial score (nSPS) is 17.8. The largest absolute Gasteiger partial charge is 0.481 e. The van der Waals surface area contributed by atoms with Crippen LogP contribution in [-0.2, 0) is 36.1 Å². The van der Waals surface area contributed by atoms with E-state index in [2.05, 4.69) is 13.3 Å². The van der Waals surface area contributed by atoms with Crippen LogP contribution in [0.15, 0.2) is 22.3 Å². The molecule has 1 unspecified atom stereocenters. The van der Waals surface area contributed by atoms with Crippen molar-refractivity contribution in [2.45, 2.75) is 111 Å². The topological polar surface area (TPSA) is 112 Å². The van der Waals surface area contributed by atoms with Crippen LogP contribution in [0.1, 0.15) is 111 Å². The molecule has 6 nitrogen and oxygen atoms in total. The van der Waals surface area contributed by atoms with Crippen LogP contribution in [-0.4, -0.2) is 33.2 Å². The van der Waals surface area contributed by atoms with Crippen LogP contribution >= 0.6 is 0 Å². The first-order valence-electron chi connectivity index (χ1n) is 12.1. The van der Waals surface area contributed by atoms with Gasteiger partial charge in [0.1, 0.15) is 0 Å². The van der Waals surface area contributed by atoms with Crippen LogP contribution in [0.3, 0.4) is 0 Å². The van der Waals surface area contributed by atoms with E-state index in [1.807, 2.05) is 20.8 Å². The zero-order valence-corrected chi connectivity index (χ0v) is 22.5.